The van der Waals surface area contributed by atoms with E-state index in [1.807, 2.05) is 19.2 Å². The summed E-state index contributed by atoms with van der Waals surface area (Å²) in [6.45, 7) is 4.37. The van der Waals surface area contributed by atoms with E-state index < -0.39 is 4.92 Å². The van der Waals surface area contributed by atoms with Crippen molar-refractivity contribution in [1.82, 2.24) is 15.1 Å². The van der Waals surface area contributed by atoms with Crippen molar-refractivity contribution in [1.29, 1.82) is 0 Å². The second kappa shape index (κ2) is 7.39. The molecule has 0 atom stereocenters. The summed E-state index contributed by atoms with van der Waals surface area (Å²) in [7, 11) is 0. The Balaban J connectivity index is 2.04. The number of benzene rings is 1. The first-order valence-electron chi connectivity index (χ1n) is 6.79. The Kier molecular flexibility index (Phi) is 5.28. The van der Waals surface area contributed by atoms with Crippen LogP contribution in [0.5, 0.6) is 5.75 Å². The molecule has 1 heterocycles. The monoisotopic (exact) mass is 290 g/mol. The molecule has 0 aliphatic carbocycles. The van der Waals surface area contributed by atoms with E-state index in [9.17, 15) is 10.1 Å². The van der Waals surface area contributed by atoms with Gasteiger partial charge in [-0.1, -0.05) is 13.0 Å². The Morgan fingerprint density at radius 2 is 2.33 bits per heavy atom. The second-order valence-corrected chi connectivity index (χ2v) is 4.46. The summed E-state index contributed by atoms with van der Waals surface area (Å²) in [4.78, 5) is 10.6. The summed E-state index contributed by atoms with van der Waals surface area (Å²) in [5, 5.41) is 18.3. The Morgan fingerprint density at radius 1 is 1.48 bits per heavy atom. The van der Waals surface area contributed by atoms with E-state index in [2.05, 4.69) is 10.4 Å². The van der Waals surface area contributed by atoms with Crippen molar-refractivity contribution >= 4 is 5.69 Å². The molecule has 1 N–H and O–H groups in total. The predicted octanol–water partition coefficient (Wildman–Crippen LogP) is 1.98. The Morgan fingerprint density at radius 3 is 3.00 bits per heavy atom. The van der Waals surface area contributed by atoms with Crippen LogP contribution >= 0.6 is 0 Å². The summed E-state index contributed by atoms with van der Waals surface area (Å²) in [6, 6.07) is 6.75. The van der Waals surface area contributed by atoms with Crippen LogP contribution in [0.25, 0.3) is 0 Å². The smallest absolute Gasteiger partial charge is 0.310 e. The molecule has 1 aromatic carbocycles. The zero-order valence-electron chi connectivity index (χ0n) is 11.9. The second-order valence-electron chi connectivity index (χ2n) is 4.46. The molecule has 7 nitrogen and oxygen atoms in total. The third-order valence-electron chi connectivity index (χ3n) is 2.94. The van der Waals surface area contributed by atoms with Crippen molar-refractivity contribution in [3.05, 3.63) is 52.3 Å². The minimum absolute atomic E-state index is 0.0179. The van der Waals surface area contributed by atoms with Gasteiger partial charge in [-0.3, -0.25) is 14.8 Å². The van der Waals surface area contributed by atoms with E-state index in [0.29, 0.717) is 25.4 Å². The summed E-state index contributed by atoms with van der Waals surface area (Å²) >= 11 is 0. The lowest BCUT2D eigenvalue weighted by molar-refractivity contribution is -0.385. The minimum Gasteiger partial charge on any atom is -0.485 e. The van der Waals surface area contributed by atoms with Gasteiger partial charge in [-0.25, -0.2) is 0 Å². The van der Waals surface area contributed by atoms with Gasteiger partial charge in [0.25, 0.3) is 0 Å². The highest BCUT2D eigenvalue weighted by atomic mass is 16.6. The van der Waals surface area contributed by atoms with Crippen LogP contribution < -0.4 is 10.1 Å². The number of nitrogens with one attached hydrogen (secondary N) is 1. The van der Waals surface area contributed by atoms with Gasteiger partial charge in [0.15, 0.2) is 5.75 Å². The number of hydrogen-bond donors (Lipinski definition) is 1. The lowest BCUT2D eigenvalue weighted by Gasteiger charge is -2.09. The van der Waals surface area contributed by atoms with Crippen LogP contribution in [0, 0.1) is 10.1 Å². The fourth-order valence-corrected chi connectivity index (χ4v) is 1.89. The number of ether oxygens (including phenoxy) is 1. The average Bonchev–Trinajstić information content (AvgIpc) is 2.98. The minimum atomic E-state index is -0.430. The van der Waals surface area contributed by atoms with Gasteiger partial charge in [0, 0.05) is 25.0 Å². The summed E-state index contributed by atoms with van der Waals surface area (Å²) in [6.07, 6.45) is 3.50. The van der Waals surface area contributed by atoms with Crippen molar-refractivity contribution in [3.63, 3.8) is 0 Å². The topological polar surface area (TPSA) is 82.2 Å². The molecular formula is C14H18N4O3. The van der Waals surface area contributed by atoms with Gasteiger partial charge in [0.05, 0.1) is 11.5 Å². The molecule has 0 amide bonds. The summed E-state index contributed by atoms with van der Waals surface area (Å²) < 4.78 is 7.28. The van der Waals surface area contributed by atoms with Gasteiger partial charge in [0.1, 0.15) is 6.61 Å². The fourth-order valence-electron chi connectivity index (χ4n) is 1.89. The lowest BCUT2D eigenvalue weighted by Crippen LogP contribution is -2.13. The molecule has 7 heteroatoms. The van der Waals surface area contributed by atoms with Gasteiger partial charge in [-0.2, -0.15) is 5.10 Å². The first-order chi connectivity index (χ1) is 10.2. The number of nitrogens with zero attached hydrogens (tertiary/aromatic N) is 3. The van der Waals surface area contributed by atoms with Crippen molar-refractivity contribution < 1.29 is 9.66 Å². The summed E-state index contributed by atoms with van der Waals surface area (Å²) in [5.41, 5.74) is 0.937. The third kappa shape index (κ3) is 4.28. The average molecular weight is 290 g/mol. The molecule has 0 saturated heterocycles. The molecule has 112 valence electrons. The zero-order chi connectivity index (χ0) is 15.1. The van der Waals surface area contributed by atoms with Crippen LogP contribution in [-0.2, 0) is 13.1 Å². The van der Waals surface area contributed by atoms with Crippen molar-refractivity contribution in [3.8, 4) is 5.75 Å². The van der Waals surface area contributed by atoms with Gasteiger partial charge in [-0.05, 0) is 24.2 Å². The largest absolute Gasteiger partial charge is 0.485 e. The fraction of sp³-hybridized carbons (Fsp3) is 0.357. The maximum absolute atomic E-state index is 11.0. The Hall–Kier alpha value is -2.41. The maximum atomic E-state index is 11.0. The molecule has 0 spiro atoms. The van der Waals surface area contributed by atoms with Gasteiger partial charge >= 0.3 is 5.69 Å². The van der Waals surface area contributed by atoms with Crippen LogP contribution in [0.1, 0.15) is 12.5 Å². The van der Waals surface area contributed by atoms with E-state index in [1.165, 1.54) is 6.07 Å². The van der Waals surface area contributed by atoms with Crippen LogP contribution in [0.2, 0.25) is 0 Å². The van der Waals surface area contributed by atoms with Crippen LogP contribution in [0.3, 0.4) is 0 Å². The molecule has 0 unspecified atom stereocenters. The highest BCUT2D eigenvalue weighted by molar-refractivity contribution is 5.48. The number of nitro benzene ring substituents is 1. The number of nitro groups is 1. The van der Waals surface area contributed by atoms with Crippen LogP contribution in [-0.4, -0.2) is 27.9 Å². The number of rotatable bonds is 8. The number of aromatic nitrogens is 2. The highest BCUT2D eigenvalue weighted by Gasteiger charge is 2.15. The standard InChI is InChI=1S/C14H18N4O3/c1-2-15-11-12-4-5-13(18(19)20)14(10-12)21-9-8-17-7-3-6-16-17/h3-7,10,15H,2,8-9,11H2,1H3. The predicted molar refractivity (Wildman–Crippen MR) is 78.2 cm³/mol. The molecule has 0 fully saturated rings. The van der Waals surface area contributed by atoms with Crippen molar-refractivity contribution in [2.75, 3.05) is 13.2 Å². The molecule has 0 aliphatic heterocycles. The quantitative estimate of drug-likeness (QED) is 0.594. The van der Waals surface area contributed by atoms with E-state index in [-0.39, 0.29) is 5.69 Å². The molecule has 2 aromatic rings. The molecule has 0 aliphatic rings. The van der Waals surface area contributed by atoms with Gasteiger partial charge in [0.2, 0.25) is 0 Å². The molecule has 0 radical (unpaired) electrons. The van der Waals surface area contributed by atoms with E-state index in [4.69, 9.17) is 4.74 Å². The number of hydrogen-bond acceptors (Lipinski definition) is 5. The maximum Gasteiger partial charge on any atom is 0.310 e. The Bertz CT molecular complexity index is 584. The van der Waals surface area contributed by atoms with Gasteiger partial charge in [-0.15, -0.1) is 0 Å². The highest BCUT2D eigenvalue weighted by Crippen LogP contribution is 2.28. The van der Waals surface area contributed by atoms with Crippen molar-refractivity contribution in [2.45, 2.75) is 20.0 Å². The van der Waals surface area contributed by atoms with E-state index in [1.54, 1.807) is 23.0 Å². The van der Waals surface area contributed by atoms with Crippen LogP contribution in [0.4, 0.5) is 5.69 Å². The van der Waals surface area contributed by atoms with E-state index >= 15 is 0 Å². The zero-order valence-corrected chi connectivity index (χ0v) is 11.9. The normalized spacial score (nSPS) is 10.5. The van der Waals surface area contributed by atoms with Crippen LogP contribution in [0.15, 0.2) is 36.7 Å². The summed E-state index contributed by atoms with van der Waals surface area (Å²) in [5.74, 6) is 0.294. The molecule has 1 aromatic heterocycles. The lowest BCUT2D eigenvalue weighted by atomic mass is 10.2. The first kappa shape index (κ1) is 15.0. The van der Waals surface area contributed by atoms with Crippen molar-refractivity contribution in [2.24, 2.45) is 0 Å². The van der Waals surface area contributed by atoms with Gasteiger partial charge < -0.3 is 10.1 Å². The third-order valence-corrected chi connectivity index (χ3v) is 2.94. The molecular weight excluding hydrogens is 272 g/mol. The first-order valence-corrected chi connectivity index (χ1v) is 6.79. The molecule has 21 heavy (non-hydrogen) atoms. The SMILES string of the molecule is CCNCc1ccc([N+](=O)[O-])c(OCCn2cccn2)c1. The molecule has 0 saturated carbocycles. The molecule has 0 bridgehead atoms. The molecule has 2 rings (SSSR count). The Labute approximate surface area is 122 Å². The van der Waals surface area contributed by atoms with E-state index in [0.717, 1.165) is 12.1 Å².